The monoisotopic (exact) mass is 408 g/mol. The topological polar surface area (TPSA) is 71.8 Å². The first-order valence-electron chi connectivity index (χ1n) is 10.9. The molecular weight excluding hydrogens is 380 g/mol. The first kappa shape index (κ1) is 19.6. The largest absolute Gasteiger partial charge is 0.482 e. The van der Waals surface area contributed by atoms with Crippen LogP contribution >= 0.6 is 0 Å². The highest BCUT2D eigenvalue weighted by Crippen LogP contribution is 2.62. The minimum Gasteiger partial charge on any atom is -0.482 e. The molecule has 0 saturated carbocycles. The Kier molecular flexibility index (Phi) is 4.83. The van der Waals surface area contributed by atoms with E-state index in [4.69, 9.17) is 19.5 Å². The van der Waals surface area contributed by atoms with Crippen LogP contribution in [0.15, 0.2) is 24.3 Å². The lowest BCUT2D eigenvalue weighted by atomic mass is 9.53. The smallest absolute Gasteiger partial charge is 0.308 e. The number of likely N-dealkylation sites (tertiary alicyclic amines) is 1. The predicted molar refractivity (Wildman–Crippen MR) is 110 cm³/mol. The summed E-state index contributed by atoms with van der Waals surface area (Å²) in [6.45, 7) is 3.05. The van der Waals surface area contributed by atoms with E-state index < -0.39 is 0 Å². The number of ether oxygens (including phenoxy) is 3. The molecule has 0 radical (unpaired) electrons. The molecular formula is C24H28N2O4. The number of hydrogen-bond donors (Lipinski definition) is 0. The second-order valence-electron chi connectivity index (χ2n) is 8.96. The molecule has 2 heterocycles. The van der Waals surface area contributed by atoms with Gasteiger partial charge in [-0.2, -0.15) is 5.26 Å². The number of carbonyl (C=O) groups is 1. The van der Waals surface area contributed by atoms with Crippen molar-refractivity contribution in [3.63, 3.8) is 0 Å². The van der Waals surface area contributed by atoms with E-state index in [-0.39, 0.29) is 23.6 Å². The van der Waals surface area contributed by atoms with Gasteiger partial charge in [-0.05, 0) is 50.9 Å². The summed E-state index contributed by atoms with van der Waals surface area (Å²) >= 11 is 0. The number of nitriles is 1. The minimum absolute atomic E-state index is 0.120. The normalized spacial score (nSPS) is 32.8. The molecule has 0 amide bonds. The summed E-state index contributed by atoms with van der Waals surface area (Å²) in [4.78, 5) is 14.2. The zero-order chi connectivity index (χ0) is 20.9. The van der Waals surface area contributed by atoms with Crippen LogP contribution in [0.1, 0.15) is 43.7 Å². The van der Waals surface area contributed by atoms with Crippen molar-refractivity contribution >= 4 is 5.97 Å². The van der Waals surface area contributed by atoms with Crippen LogP contribution in [0.2, 0.25) is 0 Å². The van der Waals surface area contributed by atoms with Gasteiger partial charge in [0.05, 0.1) is 6.07 Å². The van der Waals surface area contributed by atoms with Crippen molar-refractivity contribution in [2.75, 3.05) is 20.2 Å². The predicted octanol–water partition coefficient (Wildman–Crippen LogP) is 3.14. The van der Waals surface area contributed by atoms with E-state index in [1.807, 2.05) is 6.07 Å². The number of carbonyl (C=O) groups excluding carboxylic acids is 1. The molecule has 0 N–H and O–H groups in total. The van der Waals surface area contributed by atoms with Gasteiger partial charge in [0, 0.05) is 42.9 Å². The first-order chi connectivity index (χ1) is 14.6. The second kappa shape index (κ2) is 7.40. The highest BCUT2D eigenvalue weighted by Gasteiger charge is 2.64. The zero-order valence-electron chi connectivity index (χ0n) is 17.6. The maximum atomic E-state index is 11.7. The number of hydrogen-bond acceptors (Lipinski definition) is 6. The molecule has 6 heteroatoms. The Hall–Kier alpha value is -2.36. The van der Waals surface area contributed by atoms with Crippen molar-refractivity contribution in [3.8, 4) is 17.6 Å². The van der Waals surface area contributed by atoms with Crippen molar-refractivity contribution in [2.24, 2.45) is 5.92 Å². The van der Waals surface area contributed by atoms with Crippen LogP contribution in [0.25, 0.3) is 0 Å². The van der Waals surface area contributed by atoms with Crippen LogP contribution in [0.4, 0.5) is 0 Å². The van der Waals surface area contributed by atoms with Gasteiger partial charge in [-0.25, -0.2) is 0 Å². The summed E-state index contributed by atoms with van der Waals surface area (Å²) in [6.07, 6.45) is 8.50. The third-order valence-electron chi connectivity index (χ3n) is 7.36. The van der Waals surface area contributed by atoms with Gasteiger partial charge in [0.2, 0.25) is 0 Å². The molecule has 1 saturated heterocycles. The summed E-state index contributed by atoms with van der Waals surface area (Å²) in [7, 11) is 2.22. The number of unbranched alkanes of at least 4 members (excludes halogenated alkanes) is 2. The molecule has 6 nitrogen and oxygen atoms in total. The SMILES string of the molecule is CC(=O)Oc1ccc2c3c1OC1C(OCCCCC#N)C=C[C@H]4[C@@H](C2)N(C)CC[C@]314. The summed E-state index contributed by atoms with van der Waals surface area (Å²) in [5.41, 5.74) is 2.41. The van der Waals surface area contributed by atoms with Gasteiger partial charge in [-0.1, -0.05) is 18.2 Å². The van der Waals surface area contributed by atoms with Crippen LogP contribution in [-0.2, 0) is 21.4 Å². The van der Waals surface area contributed by atoms with E-state index in [1.165, 1.54) is 18.1 Å². The molecule has 2 bridgehead atoms. The highest BCUT2D eigenvalue weighted by molar-refractivity contribution is 5.72. The quantitative estimate of drug-likeness (QED) is 0.312. The fraction of sp³-hybridized carbons (Fsp3) is 0.583. The Labute approximate surface area is 177 Å². The van der Waals surface area contributed by atoms with Gasteiger partial charge < -0.3 is 19.1 Å². The van der Waals surface area contributed by atoms with E-state index in [0.717, 1.165) is 38.0 Å². The summed E-state index contributed by atoms with van der Waals surface area (Å²) in [6, 6.07) is 6.62. The molecule has 1 aromatic rings. The van der Waals surface area contributed by atoms with E-state index in [2.05, 4.69) is 36.2 Å². The van der Waals surface area contributed by atoms with E-state index in [1.54, 1.807) is 0 Å². The number of likely N-dealkylation sites (N-methyl/N-ethyl adjacent to an activating group) is 1. The van der Waals surface area contributed by atoms with E-state index in [0.29, 0.717) is 30.7 Å². The molecule has 5 rings (SSSR count). The molecule has 2 unspecified atom stereocenters. The first-order valence-corrected chi connectivity index (χ1v) is 10.9. The number of nitrogens with zero attached hydrogens (tertiary/aromatic N) is 2. The average Bonchev–Trinajstić information content (AvgIpc) is 3.07. The van der Waals surface area contributed by atoms with Crippen LogP contribution in [0.3, 0.4) is 0 Å². The van der Waals surface area contributed by atoms with Gasteiger partial charge >= 0.3 is 5.97 Å². The fourth-order valence-electron chi connectivity index (χ4n) is 6.11. The van der Waals surface area contributed by atoms with Crippen LogP contribution in [0, 0.1) is 17.2 Å². The van der Waals surface area contributed by atoms with Crippen LogP contribution < -0.4 is 9.47 Å². The van der Waals surface area contributed by atoms with Crippen molar-refractivity contribution in [3.05, 3.63) is 35.4 Å². The van der Waals surface area contributed by atoms with Crippen molar-refractivity contribution in [1.82, 2.24) is 4.90 Å². The molecule has 158 valence electrons. The molecule has 2 aliphatic heterocycles. The summed E-state index contributed by atoms with van der Waals surface area (Å²) < 4.78 is 18.4. The fourth-order valence-corrected chi connectivity index (χ4v) is 6.11. The van der Waals surface area contributed by atoms with Crippen molar-refractivity contribution < 1.29 is 19.0 Å². The van der Waals surface area contributed by atoms with Gasteiger partial charge in [-0.3, -0.25) is 4.79 Å². The molecule has 4 aliphatic rings. The average molecular weight is 408 g/mol. The van der Waals surface area contributed by atoms with Gasteiger partial charge in [0.15, 0.2) is 11.5 Å². The minimum atomic E-state index is -0.334. The maximum Gasteiger partial charge on any atom is 0.308 e. The summed E-state index contributed by atoms with van der Waals surface area (Å²) in [5.74, 6) is 1.29. The molecule has 1 spiro atoms. The number of rotatable bonds is 6. The molecule has 2 aliphatic carbocycles. The third kappa shape index (κ3) is 2.79. The lowest BCUT2D eigenvalue weighted by Crippen LogP contribution is -2.65. The third-order valence-corrected chi connectivity index (χ3v) is 7.36. The molecule has 0 aromatic heterocycles. The van der Waals surface area contributed by atoms with E-state index in [9.17, 15) is 4.79 Å². The Balaban J connectivity index is 1.53. The van der Waals surface area contributed by atoms with E-state index >= 15 is 0 Å². The Bertz CT molecular complexity index is 936. The molecule has 1 aromatic carbocycles. The maximum absolute atomic E-state index is 11.7. The molecule has 1 fully saturated rings. The second-order valence-corrected chi connectivity index (χ2v) is 8.96. The number of piperidine rings is 1. The standard InChI is InChI=1S/C24H28N2O4/c1-15(27)29-19-8-6-16-14-18-17-7-9-20(28-13-5-3-4-11-25)23-24(17,10-12-26(18)2)21(16)22(19)30-23/h6-9,17-18,20,23H,3-5,10,12-14H2,1-2H3/t17-,18+,20?,23?,24-/m0/s1. The van der Waals surface area contributed by atoms with Gasteiger partial charge in [0.1, 0.15) is 12.2 Å². The Morgan fingerprint density at radius 2 is 2.23 bits per heavy atom. The van der Waals surface area contributed by atoms with Crippen LogP contribution in [-0.4, -0.2) is 49.3 Å². The zero-order valence-corrected chi connectivity index (χ0v) is 17.6. The lowest BCUT2D eigenvalue weighted by Gasteiger charge is -2.56. The van der Waals surface area contributed by atoms with Crippen molar-refractivity contribution in [1.29, 1.82) is 5.26 Å². The van der Waals surface area contributed by atoms with Gasteiger partial charge in [-0.15, -0.1) is 0 Å². The number of esters is 1. The molecule has 5 atom stereocenters. The lowest BCUT2D eigenvalue weighted by molar-refractivity contribution is -0.132. The Morgan fingerprint density at radius 1 is 1.37 bits per heavy atom. The number of benzene rings is 1. The Morgan fingerprint density at radius 3 is 3.03 bits per heavy atom. The highest BCUT2D eigenvalue weighted by atomic mass is 16.6. The van der Waals surface area contributed by atoms with Gasteiger partial charge in [0.25, 0.3) is 0 Å². The molecule has 30 heavy (non-hydrogen) atoms. The van der Waals surface area contributed by atoms with Crippen LogP contribution in [0.5, 0.6) is 11.5 Å². The van der Waals surface area contributed by atoms with Crippen molar-refractivity contribution in [2.45, 2.75) is 62.7 Å². The summed E-state index contributed by atoms with van der Waals surface area (Å²) in [5, 5.41) is 8.74.